The average molecular weight is 178 g/mol. The van der Waals surface area contributed by atoms with Crippen LogP contribution in [0.2, 0.25) is 0 Å². The van der Waals surface area contributed by atoms with Crippen molar-refractivity contribution in [2.24, 2.45) is 5.92 Å². The van der Waals surface area contributed by atoms with Crippen LogP contribution in [0, 0.1) is 18.7 Å². The summed E-state index contributed by atoms with van der Waals surface area (Å²) in [6.07, 6.45) is 2.31. The molecule has 0 radical (unpaired) electrons. The molecule has 0 amide bonds. The molecule has 13 heavy (non-hydrogen) atoms. The molecule has 1 heteroatoms. The van der Waals surface area contributed by atoms with Crippen LogP contribution in [-0.2, 0) is 0 Å². The highest BCUT2D eigenvalue weighted by atomic mass is 19.1. The molecular formula is C12H15F. The third-order valence-corrected chi connectivity index (χ3v) is 3.05. The van der Waals surface area contributed by atoms with Crippen molar-refractivity contribution in [1.82, 2.24) is 0 Å². The monoisotopic (exact) mass is 178 g/mol. The van der Waals surface area contributed by atoms with Crippen LogP contribution in [0.15, 0.2) is 18.2 Å². The van der Waals surface area contributed by atoms with Gasteiger partial charge < -0.3 is 0 Å². The average Bonchev–Trinajstić information content (AvgIpc) is 2.00. The third kappa shape index (κ3) is 1.48. The quantitative estimate of drug-likeness (QED) is 0.615. The lowest BCUT2D eigenvalue weighted by atomic mass is 9.71. The molecule has 70 valence electrons. The van der Waals surface area contributed by atoms with Gasteiger partial charge in [-0.2, -0.15) is 0 Å². The molecule has 0 bridgehead atoms. The molecule has 1 saturated carbocycles. The Morgan fingerprint density at radius 3 is 2.54 bits per heavy atom. The molecule has 0 saturated heterocycles. The fourth-order valence-corrected chi connectivity index (χ4v) is 2.30. The SMILES string of the molecule is Cc1cccc(F)c1C1CC(C)C1. The molecule has 0 heterocycles. The molecule has 1 fully saturated rings. The van der Waals surface area contributed by atoms with Crippen molar-refractivity contribution in [3.63, 3.8) is 0 Å². The van der Waals surface area contributed by atoms with E-state index in [0.29, 0.717) is 5.92 Å². The van der Waals surface area contributed by atoms with Gasteiger partial charge in [0.2, 0.25) is 0 Å². The molecule has 0 unspecified atom stereocenters. The third-order valence-electron chi connectivity index (χ3n) is 3.05. The number of halogens is 1. The van der Waals surface area contributed by atoms with E-state index in [1.165, 1.54) is 0 Å². The zero-order valence-electron chi connectivity index (χ0n) is 8.18. The maximum absolute atomic E-state index is 13.4. The smallest absolute Gasteiger partial charge is 0.126 e. The Morgan fingerprint density at radius 2 is 2.00 bits per heavy atom. The van der Waals surface area contributed by atoms with E-state index < -0.39 is 0 Å². The number of hydrogen-bond acceptors (Lipinski definition) is 0. The summed E-state index contributed by atoms with van der Waals surface area (Å²) < 4.78 is 13.4. The van der Waals surface area contributed by atoms with E-state index in [1.54, 1.807) is 12.1 Å². The van der Waals surface area contributed by atoms with E-state index in [4.69, 9.17) is 0 Å². The lowest BCUT2D eigenvalue weighted by Crippen LogP contribution is -2.20. The summed E-state index contributed by atoms with van der Waals surface area (Å²) in [7, 11) is 0. The van der Waals surface area contributed by atoms with Gasteiger partial charge in [0, 0.05) is 0 Å². The van der Waals surface area contributed by atoms with Gasteiger partial charge in [0.15, 0.2) is 0 Å². The lowest BCUT2D eigenvalue weighted by molar-refractivity contribution is 0.281. The van der Waals surface area contributed by atoms with Gasteiger partial charge in [-0.05, 0) is 48.8 Å². The van der Waals surface area contributed by atoms with Crippen LogP contribution in [0.4, 0.5) is 4.39 Å². The molecule has 0 aliphatic heterocycles. The fourth-order valence-electron chi connectivity index (χ4n) is 2.30. The summed E-state index contributed by atoms with van der Waals surface area (Å²) >= 11 is 0. The van der Waals surface area contributed by atoms with Crippen LogP contribution >= 0.6 is 0 Å². The minimum absolute atomic E-state index is 0.0168. The van der Waals surface area contributed by atoms with E-state index in [2.05, 4.69) is 6.92 Å². The van der Waals surface area contributed by atoms with Crippen LogP contribution in [0.3, 0.4) is 0 Å². The van der Waals surface area contributed by atoms with Crippen molar-refractivity contribution in [3.8, 4) is 0 Å². The summed E-state index contributed by atoms with van der Waals surface area (Å²) in [6, 6.07) is 5.36. The Hall–Kier alpha value is -0.850. The molecule has 0 aromatic heterocycles. The molecule has 2 rings (SSSR count). The normalized spacial score (nSPS) is 27.0. The van der Waals surface area contributed by atoms with Gasteiger partial charge in [-0.25, -0.2) is 4.39 Å². The minimum atomic E-state index is -0.0168. The second kappa shape index (κ2) is 3.13. The van der Waals surface area contributed by atoms with Gasteiger partial charge in [0.25, 0.3) is 0 Å². The molecule has 0 atom stereocenters. The Balaban J connectivity index is 2.29. The number of aryl methyl sites for hydroxylation is 1. The van der Waals surface area contributed by atoms with Gasteiger partial charge in [-0.15, -0.1) is 0 Å². The maximum Gasteiger partial charge on any atom is 0.126 e. The Bertz CT molecular complexity index is 291. The fraction of sp³-hybridized carbons (Fsp3) is 0.500. The van der Waals surface area contributed by atoms with Crippen molar-refractivity contribution < 1.29 is 4.39 Å². The van der Waals surface area contributed by atoms with Crippen molar-refractivity contribution in [1.29, 1.82) is 0 Å². The molecule has 1 aliphatic carbocycles. The first-order valence-electron chi connectivity index (χ1n) is 4.93. The van der Waals surface area contributed by atoms with E-state index in [0.717, 1.165) is 29.9 Å². The predicted octanol–water partition coefficient (Wildman–Crippen LogP) is 3.65. The maximum atomic E-state index is 13.4. The largest absolute Gasteiger partial charge is 0.207 e. The first-order valence-corrected chi connectivity index (χ1v) is 4.93. The van der Waals surface area contributed by atoms with Crippen LogP contribution in [0.25, 0.3) is 0 Å². The number of rotatable bonds is 1. The van der Waals surface area contributed by atoms with Gasteiger partial charge in [0.05, 0.1) is 0 Å². The molecule has 1 aromatic carbocycles. The van der Waals surface area contributed by atoms with Crippen molar-refractivity contribution in [2.45, 2.75) is 32.6 Å². The molecule has 1 aliphatic rings. The van der Waals surface area contributed by atoms with Gasteiger partial charge in [-0.1, -0.05) is 19.1 Å². The molecule has 0 N–H and O–H groups in total. The second-order valence-corrected chi connectivity index (χ2v) is 4.24. The lowest BCUT2D eigenvalue weighted by Gasteiger charge is -2.34. The Kier molecular flexibility index (Phi) is 2.10. The minimum Gasteiger partial charge on any atom is -0.207 e. The van der Waals surface area contributed by atoms with Gasteiger partial charge >= 0.3 is 0 Å². The summed E-state index contributed by atoms with van der Waals surface area (Å²) in [4.78, 5) is 0. The zero-order chi connectivity index (χ0) is 9.42. The predicted molar refractivity (Wildman–Crippen MR) is 52.3 cm³/mol. The zero-order valence-corrected chi connectivity index (χ0v) is 8.18. The first-order chi connectivity index (χ1) is 6.18. The molecule has 1 aromatic rings. The molecular weight excluding hydrogens is 163 g/mol. The van der Waals surface area contributed by atoms with E-state index in [-0.39, 0.29) is 5.82 Å². The van der Waals surface area contributed by atoms with Crippen molar-refractivity contribution in [2.75, 3.05) is 0 Å². The van der Waals surface area contributed by atoms with Gasteiger partial charge in [-0.3, -0.25) is 0 Å². The molecule has 0 nitrogen and oxygen atoms in total. The first kappa shape index (κ1) is 8.74. The van der Waals surface area contributed by atoms with Crippen LogP contribution in [0.5, 0.6) is 0 Å². The van der Waals surface area contributed by atoms with Crippen molar-refractivity contribution >= 4 is 0 Å². The van der Waals surface area contributed by atoms with E-state index in [9.17, 15) is 4.39 Å². The number of benzene rings is 1. The topological polar surface area (TPSA) is 0 Å². The van der Waals surface area contributed by atoms with E-state index in [1.807, 2.05) is 13.0 Å². The standard InChI is InChI=1S/C12H15F/c1-8-6-10(7-8)12-9(2)4-3-5-11(12)13/h3-5,8,10H,6-7H2,1-2H3. The Morgan fingerprint density at radius 1 is 1.31 bits per heavy atom. The van der Waals surface area contributed by atoms with Crippen LogP contribution in [-0.4, -0.2) is 0 Å². The molecule has 0 spiro atoms. The highest BCUT2D eigenvalue weighted by molar-refractivity contribution is 5.32. The number of hydrogen-bond donors (Lipinski definition) is 0. The van der Waals surface area contributed by atoms with Crippen molar-refractivity contribution in [3.05, 3.63) is 35.1 Å². The summed E-state index contributed by atoms with van der Waals surface area (Å²) in [5, 5.41) is 0. The highest BCUT2D eigenvalue weighted by Crippen LogP contribution is 2.43. The summed E-state index contributed by atoms with van der Waals surface area (Å²) in [5.74, 6) is 1.25. The van der Waals surface area contributed by atoms with E-state index >= 15 is 0 Å². The summed E-state index contributed by atoms with van der Waals surface area (Å²) in [5.41, 5.74) is 2.07. The summed E-state index contributed by atoms with van der Waals surface area (Å²) in [6.45, 7) is 4.23. The highest BCUT2D eigenvalue weighted by Gasteiger charge is 2.29. The Labute approximate surface area is 78.8 Å². The van der Waals surface area contributed by atoms with Gasteiger partial charge in [0.1, 0.15) is 5.82 Å². The van der Waals surface area contributed by atoms with Crippen LogP contribution < -0.4 is 0 Å². The second-order valence-electron chi connectivity index (χ2n) is 4.24. The van der Waals surface area contributed by atoms with Crippen LogP contribution in [0.1, 0.15) is 36.8 Å².